The van der Waals surface area contributed by atoms with E-state index < -0.39 is 0 Å². The molecule has 2 aromatic heterocycles. The number of hydrogen-bond acceptors (Lipinski definition) is 3. The van der Waals surface area contributed by atoms with Crippen molar-refractivity contribution in [3.8, 4) is 5.82 Å². The monoisotopic (exact) mass is 244 g/mol. The fourth-order valence-electron chi connectivity index (χ4n) is 1.88. The second-order valence-electron chi connectivity index (χ2n) is 4.27. The van der Waals surface area contributed by atoms with Gasteiger partial charge in [0.2, 0.25) is 0 Å². The molecule has 0 aliphatic heterocycles. The van der Waals surface area contributed by atoms with Crippen molar-refractivity contribution >= 4 is 0 Å². The van der Waals surface area contributed by atoms with Gasteiger partial charge >= 0.3 is 0 Å². The van der Waals surface area contributed by atoms with Crippen molar-refractivity contribution in [3.63, 3.8) is 0 Å². The molecular formula is C14H20N4. The third kappa shape index (κ3) is 2.96. The van der Waals surface area contributed by atoms with E-state index in [-0.39, 0.29) is 0 Å². The molecule has 96 valence electrons. The van der Waals surface area contributed by atoms with Crippen LogP contribution in [0.1, 0.15) is 31.7 Å². The van der Waals surface area contributed by atoms with Gasteiger partial charge in [-0.15, -0.1) is 0 Å². The van der Waals surface area contributed by atoms with E-state index in [4.69, 9.17) is 0 Å². The highest BCUT2D eigenvalue weighted by atomic mass is 15.1. The van der Waals surface area contributed by atoms with E-state index in [2.05, 4.69) is 39.8 Å². The maximum atomic E-state index is 4.50. The molecule has 0 aromatic carbocycles. The highest BCUT2D eigenvalue weighted by Crippen LogP contribution is 2.10. The zero-order chi connectivity index (χ0) is 12.8. The Morgan fingerprint density at radius 3 is 2.78 bits per heavy atom. The predicted octanol–water partition coefficient (Wildman–Crippen LogP) is 2.33. The Balaban J connectivity index is 2.15. The lowest BCUT2D eigenvalue weighted by Gasteiger charge is -2.07. The van der Waals surface area contributed by atoms with Crippen molar-refractivity contribution in [2.24, 2.45) is 0 Å². The van der Waals surface area contributed by atoms with Crippen LogP contribution in [-0.2, 0) is 13.0 Å². The number of pyridine rings is 1. The number of hydrogen-bond donors (Lipinski definition) is 1. The Bertz CT molecular complexity index is 473. The maximum absolute atomic E-state index is 4.50. The Kier molecular flexibility index (Phi) is 4.47. The molecule has 4 nitrogen and oxygen atoms in total. The van der Waals surface area contributed by atoms with Crippen molar-refractivity contribution in [2.75, 3.05) is 6.54 Å². The fraction of sp³-hybridized carbons (Fsp3) is 0.429. The number of imidazole rings is 1. The van der Waals surface area contributed by atoms with Crippen LogP contribution in [0.2, 0.25) is 0 Å². The molecule has 0 atom stereocenters. The normalized spacial score (nSPS) is 10.8. The number of rotatable bonds is 6. The van der Waals surface area contributed by atoms with Gasteiger partial charge in [-0.1, -0.05) is 19.9 Å². The van der Waals surface area contributed by atoms with Crippen LogP contribution in [0.15, 0.2) is 30.7 Å². The van der Waals surface area contributed by atoms with E-state index in [1.165, 1.54) is 5.56 Å². The highest BCUT2D eigenvalue weighted by molar-refractivity contribution is 5.27. The Morgan fingerprint density at radius 1 is 1.22 bits per heavy atom. The molecule has 18 heavy (non-hydrogen) atoms. The Labute approximate surface area is 108 Å². The zero-order valence-electron chi connectivity index (χ0n) is 11.1. The van der Waals surface area contributed by atoms with Gasteiger partial charge in [-0.05, 0) is 24.6 Å². The van der Waals surface area contributed by atoms with E-state index in [0.29, 0.717) is 0 Å². The van der Waals surface area contributed by atoms with Crippen molar-refractivity contribution in [1.29, 1.82) is 0 Å². The lowest BCUT2D eigenvalue weighted by Crippen LogP contribution is -2.12. The summed E-state index contributed by atoms with van der Waals surface area (Å²) in [6.07, 6.45) is 7.80. The van der Waals surface area contributed by atoms with Crippen LogP contribution in [0, 0.1) is 0 Å². The van der Waals surface area contributed by atoms with E-state index >= 15 is 0 Å². The topological polar surface area (TPSA) is 42.7 Å². The molecule has 2 rings (SSSR count). The maximum Gasteiger partial charge on any atom is 0.137 e. The van der Waals surface area contributed by atoms with Crippen LogP contribution >= 0.6 is 0 Å². The SMILES string of the molecule is CCCc1nccn1-c1ccc(CNCC)cn1. The van der Waals surface area contributed by atoms with E-state index in [1.807, 2.05) is 24.7 Å². The molecule has 4 heteroatoms. The van der Waals surface area contributed by atoms with Crippen LogP contribution < -0.4 is 5.32 Å². The quantitative estimate of drug-likeness (QED) is 0.848. The molecular weight excluding hydrogens is 224 g/mol. The molecule has 1 N–H and O–H groups in total. The number of aryl methyl sites for hydroxylation is 1. The van der Waals surface area contributed by atoms with Crippen molar-refractivity contribution in [1.82, 2.24) is 19.9 Å². The Hall–Kier alpha value is -1.68. The van der Waals surface area contributed by atoms with Crippen LogP contribution in [0.25, 0.3) is 5.82 Å². The summed E-state index contributed by atoms with van der Waals surface area (Å²) in [5, 5.41) is 3.29. The summed E-state index contributed by atoms with van der Waals surface area (Å²) in [4.78, 5) is 8.86. The molecule has 0 spiro atoms. The van der Waals surface area contributed by atoms with Gasteiger partial charge in [-0.2, -0.15) is 0 Å². The summed E-state index contributed by atoms with van der Waals surface area (Å²) >= 11 is 0. The third-order valence-electron chi connectivity index (χ3n) is 2.83. The largest absolute Gasteiger partial charge is 0.313 e. The molecule has 2 aromatic rings. The summed E-state index contributed by atoms with van der Waals surface area (Å²) in [7, 11) is 0. The van der Waals surface area contributed by atoms with Gasteiger partial charge in [-0.25, -0.2) is 9.97 Å². The number of nitrogens with one attached hydrogen (secondary N) is 1. The zero-order valence-corrected chi connectivity index (χ0v) is 11.1. The molecule has 0 amide bonds. The summed E-state index contributed by atoms with van der Waals surface area (Å²) < 4.78 is 2.06. The van der Waals surface area contributed by atoms with E-state index in [0.717, 1.165) is 37.6 Å². The minimum Gasteiger partial charge on any atom is -0.313 e. The van der Waals surface area contributed by atoms with E-state index in [1.54, 1.807) is 0 Å². The van der Waals surface area contributed by atoms with Crippen LogP contribution in [0.4, 0.5) is 0 Å². The molecule has 0 radical (unpaired) electrons. The molecule has 0 aliphatic rings. The molecule has 0 saturated carbocycles. The summed E-state index contributed by atoms with van der Waals surface area (Å²) in [5.74, 6) is 2.01. The summed E-state index contributed by atoms with van der Waals surface area (Å²) in [6, 6.07) is 4.16. The lowest BCUT2D eigenvalue weighted by atomic mass is 10.2. The molecule has 0 fully saturated rings. The summed E-state index contributed by atoms with van der Waals surface area (Å²) in [6.45, 7) is 6.11. The second kappa shape index (κ2) is 6.31. The third-order valence-corrected chi connectivity index (χ3v) is 2.83. The smallest absolute Gasteiger partial charge is 0.137 e. The predicted molar refractivity (Wildman–Crippen MR) is 72.7 cm³/mol. The first-order valence-corrected chi connectivity index (χ1v) is 6.53. The van der Waals surface area contributed by atoms with Gasteiger partial charge in [0.15, 0.2) is 0 Å². The van der Waals surface area contributed by atoms with Gasteiger partial charge in [0.1, 0.15) is 11.6 Å². The van der Waals surface area contributed by atoms with Gasteiger partial charge < -0.3 is 5.32 Å². The fourth-order valence-corrected chi connectivity index (χ4v) is 1.88. The van der Waals surface area contributed by atoms with Crippen molar-refractivity contribution in [3.05, 3.63) is 42.1 Å². The molecule has 0 aliphatic carbocycles. The van der Waals surface area contributed by atoms with Gasteiger partial charge in [0.25, 0.3) is 0 Å². The minimum atomic E-state index is 0.871. The van der Waals surface area contributed by atoms with Gasteiger partial charge in [-0.3, -0.25) is 4.57 Å². The first kappa shape index (κ1) is 12.8. The first-order chi connectivity index (χ1) is 8.85. The second-order valence-corrected chi connectivity index (χ2v) is 4.27. The average Bonchev–Trinajstić information content (AvgIpc) is 2.86. The first-order valence-electron chi connectivity index (χ1n) is 6.53. The van der Waals surface area contributed by atoms with Crippen molar-refractivity contribution < 1.29 is 0 Å². The highest BCUT2D eigenvalue weighted by Gasteiger charge is 2.04. The van der Waals surface area contributed by atoms with Crippen molar-refractivity contribution in [2.45, 2.75) is 33.2 Å². The standard InChI is InChI=1S/C14H20N4/c1-3-5-13-16-8-9-18(13)14-7-6-12(11-17-14)10-15-4-2/h6-9,11,15H,3-5,10H2,1-2H3. The van der Waals surface area contributed by atoms with E-state index in [9.17, 15) is 0 Å². The van der Waals surface area contributed by atoms with Crippen LogP contribution in [0.5, 0.6) is 0 Å². The molecule has 0 saturated heterocycles. The molecule has 2 heterocycles. The van der Waals surface area contributed by atoms with Crippen LogP contribution in [-0.4, -0.2) is 21.1 Å². The van der Waals surface area contributed by atoms with Crippen LogP contribution in [0.3, 0.4) is 0 Å². The average molecular weight is 244 g/mol. The summed E-state index contributed by atoms with van der Waals surface area (Å²) in [5.41, 5.74) is 1.21. The number of nitrogens with zero attached hydrogens (tertiary/aromatic N) is 3. The molecule has 0 unspecified atom stereocenters. The minimum absolute atomic E-state index is 0.871. The van der Waals surface area contributed by atoms with Gasteiger partial charge in [0, 0.05) is 31.6 Å². The lowest BCUT2D eigenvalue weighted by molar-refractivity contribution is 0.722. The Morgan fingerprint density at radius 2 is 2.11 bits per heavy atom. The van der Waals surface area contributed by atoms with Gasteiger partial charge in [0.05, 0.1) is 0 Å². The molecule has 0 bridgehead atoms. The number of aromatic nitrogens is 3.